The monoisotopic (exact) mass is 284 g/mol. The zero-order valence-corrected chi connectivity index (χ0v) is 12.1. The normalized spacial score (nSPS) is 13.7. The molecule has 98 valence electrons. The molecule has 1 aromatic rings. The molecule has 0 radical (unpaired) electrons. The molecule has 1 atom stereocenters. The molecule has 1 rings (SSSR count). The van der Waals surface area contributed by atoms with Crippen LogP contribution >= 0.6 is 23.8 Å². The van der Waals surface area contributed by atoms with E-state index in [1.165, 1.54) is 0 Å². The van der Waals surface area contributed by atoms with Crippen LogP contribution in [0, 0.1) is 5.41 Å². The first kappa shape index (κ1) is 14.9. The van der Waals surface area contributed by atoms with E-state index in [1.54, 1.807) is 13.0 Å². The minimum absolute atomic E-state index is 0.155. The Morgan fingerprint density at radius 1 is 1.56 bits per heavy atom. The van der Waals surface area contributed by atoms with Crippen LogP contribution in [-0.2, 0) is 11.3 Å². The predicted molar refractivity (Wildman–Crippen MR) is 78.5 cm³/mol. The standard InChI is InChI=1S/C13H17ClN2OS/c1-3-13(2,11(15)18)12(17)16-8-9-5-4-6-10(14)7-9/h4-7H,3,8H2,1-2H3,(H2,15,18)(H,16,17). The Kier molecular flexibility index (Phi) is 5.11. The average molecular weight is 285 g/mol. The maximum absolute atomic E-state index is 12.1. The van der Waals surface area contributed by atoms with E-state index in [4.69, 9.17) is 29.6 Å². The first-order valence-electron chi connectivity index (χ1n) is 5.73. The molecule has 3 N–H and O–H groups in total. The number of rotatable bonds is 5. The van der Waals surface area contributed by atoms with Gasteiger partial charge in [0.25, 0.3) is 0 Å². The molecule has 18 heavy (non-hydrogen) atoms. The van der Waals surface area contributed by atoms with Gasteiger partial charge in [-0.3, -0.25) is 4.79 Å². The van der Waals surface area contributed by atoms with Gasteiger partial charge in [-0.05, 0) is 31.0 Å². The summed E-state index contributed by atoms with van der Waals surface area (Å²) >= 11 is 10.8. The lowest BCUT2D eigenvalue weighted by molar-refractivity contribution is -0.127. The van der Waals surface area contributed by atoms with Crippen LogP contribution in [0.25, 0.3) is 0 Å². The van der Waals surface area contributed by atoms with Gasteiger partial charge in [-0.25, -0.2) is 0 Å². The maximum atomic E-state index is 12.1. The Morgan fingerprint density at radius 2 is 2.22 bits per heavy atom. The lowest BCUT2D eigenvalue weighted by atomic mass is 9.86. The van der Waals surface area contributed by atoms with E-state index in [-0.39, 0.29) is 10.9 Å². The van der Waals surface area contributed by atoms with Gasteiger partial charge in [0.15, 0.2) is 0 Å². The quantitative estimate of drug-likeness (QED) is 0.818. The summed E-state index contributed by atoms with van der Waals surface area (Å²) in [6.07, 6.45) is 0.573. The first-order valence-corrected chi connectivity index (χ1v) is 6.51. The molecule has 5 heteroatoms. The predicted octanol–water partition coefficient (Wildman–Crippen LogP) is 2.66. The molecule has 0 spiro atoms. The molecule has 3 nitrogen and oxygen atoms in total. The number of hydrogen-bond acceptors (Lipinski definition) is 2. The van der Waals surface area contributed by atoms with Crippen LogP contribution in [-0.4, -0.2) is 10.9 Å². The van der Waals surface area contributed by atoms with Gasteiger partial charge < -0.3 is 11.1 Å². The maximum Gasteiger partial charge on any atom is 0.233 e. The molecule has 1 amide bonds. The van der Waals surface area contributed by atoms with Crippen LogP contribution in [0.1, 0.15) is 25.8 Å². The Bertz CT molecular complexity index is 464. The molecule has 0 heterocycles. The summed E-state index contributed by atoms with van der Waals surface area (Å²) in [5.41, 5.74) is 5.77. The second kappa shape index (κ2) is 6.16. The van der Waals surface area contributed by atoms with E-state index in [0.29, 0.717) is 18.0 Å². The molecule has 0 aliphatic rings. The highest BCUT2D eigenvalue weighted by atomic mass is 35.5. The van der Waals surface area contributed by atoms with Gasteiger partial charge in [-0.2, -0.15) is 0 Å². The largest absolute Gasteiger partial charge is 0.392 e. The Labute approximate surface area is 118 Å². The van der Waals surface area contributed by atoms with Crippen molar-refractivity contribution >= 4 is 34.7 Å². The van der Waals surface area contributed by atoms with Gasteiger partial charge >= 0.3 is 0 Å². The van der Waals surface area contributed by atoms with Crippen LogP contribution in [0.4, 0.5) is 0 Å². The summed E-state index contributed by atoms with van der Waals surface area (Å²) in [5.74, 6) is -0.155. The van der Waals surface area contributed by atoms with Crippen molar-refractivity contribution in [3.05, 3.63) is 34.9 Å². The molecule has 0 aliphatic carbocycles. The van der Waals surface area contributed by atoms with Crippen molar-refractivity contribution in [1.82, 2.24) is 5.32 Å². The molecule has 0 saturated carbocycles. The molecule has 0 saturated heterocycles. The highest BCUT2D eigenvalue weighted by Crippen LogP contribution is 2.22. The van der Waals surface area contributed by atoms with Crippen LogP contribution in [0.5, 0.6) is 0 Å². The van der Waals surface area contributed by atoms with Crippen LogP contribution in [0.15, 0.2) is 24.3 Å². The third kappa shape index (κ3) is 3.43. The molecule has 0 fully saturated rings. The number of amides is 1. The van der Waals surface area contributed by atoms with Crippen molar-refractivity contribution in [3.63, 3.8) is 0 Å². The van der Waals surface area contributed by atoms with E-state index in [1.807, 2.05) is 25.1 Å². The fraction of sp³-hybridized carbons (Fsp3) is 0.385. The number of thiocarbonyl (C=S) groups is 1. The zero-order chi connectivity index (χ0) is 13.8. The van der Waals surface area contributed by atoms with Crippen molar-refractivity contribution in [2.24, 2.45) is 11.1 Å². The summed E-state index contributed by atoms with van der Waals surface area (Å²) in [6, 6.07) is 7.34. The molecule has 0 aromatic heterocycles. The number of carbonyl (C=O) groups is 1. The summed E-state index contributed by atoms with van der Waals surface area (Å²) in [5, 5.41) is 3.48. The first-order chi connectivity index (χ1) is 8.40. The number of carbonyl (C=O) groups excluding carboxylic acids is 1. The van der Waals surface area contributed by atoms with Gasteiger partial charge in [0.2, 0.25) is 5.91 Å². The Balaban J connectivity index is 2.69. The van der Waals surface area contributed by atoms with E-state index in [9.17, 15) is 4.79 Å². The highest BCUT2D eigenvalue weighted by molar-refractivity contribution is 7.80. The Hall–Kier alpha value is -1.13. The van der Waals surface area contributed by atoms with Gasteiger partial charge in [0.1, 0.15) is 0 Å². The van der Waals surface area contributed by atoms with Crippen LogP contribution in [0.3, 0.4) is 0 Å². The highest BCUT2D eigenvalue weighted by Gasteiger charge is 2.34. The van der Waals surface area contributed by atoms with E-state index in [0.717, 1.165) is 5.56 Å². The third-order valence-corrected chi connectivity index (χ3v) is 3.78. The smallest absolute Gasteiger partial charge is 0.233 e. The second-order valence-corrected chi connectivity index (χ2v) is 5.24. The fourth-order valence-corrected chi connectivity index (χ4v) is 1.92. The summed E-state index contributed by atoms with van der Waals surface area (Å²) in [6.45, 7) is 4.05. The van der Waals surface area contributed by atoms with Crippen molar-refractivity contribution in [1.29, 1.82) is 0 Å². The molecule has 0 aliphatic heterocycles. The SMILES string of the molecule is CCC(C)(C(=O)NCc1cccc(Cl)c1)C(N)=S. The van der Waals surface area contributed by atoms with E-state index < -0.39 is 5.41 Å². The molecule has 1 unspecified atom stereocenters. The number of benzene rings is 1. The topological polar surface area (TPSA) is 55.1 Å². The van der Waals surface area contributed by atoms with Crippen molar-refractivity contribution < 1.29 is 4.79 Å². The van der Waals surface area contributed by atoms with Crippen molar-refractivity contribution in [3.8, 4) is 0 Å². The lowest BCUT2D eigenvalue weighted by Crippen LogP contribution is -2.46. The van der Waals surface area contributed by atoms with E-state index in [2.05, 4.69) is 5.32 Å². The van der Waals surface area contributed by atoms with Gasteiger partial charge in [-0.15, -0.1) is 0 Å². The van der Waals surface area contributed by atoms with Gasteiger partial charge in [-0.1, -0.05) is 42.9 Å². The minimum atomic E-state index is -0.798. The number of halogens is 1. The van der Waals surface area contributed by atoms with Crippen molar-refractivity contribution in [2.75, 3.05) is 0 Å². The Morgan fingerprint density at radius 3 is 2.72 bits per heavy atom. The molecule has 1 aromatic carbocycles. The van der Waals surface area contributed by atoms with E-state index >= 15 is 0 Å². The van der Waals surface area contributed by atoms with Crippen molar-refractivity contribution in [2.45, 2.75) is 26.8 Å². The van der Waals surface area contributed by atoms with Crippen LogP contribution < -0.4 is 11.1 Å². The lowest BCUT2D eigenvalue weighted by Gasteiger charge is -2.25. The van der Waals surface area contributed by atoms with Gasteiger partial charge in [0.05, 0.1) is 10.4 Å². The minimum Gasteiger partial charge on any atom is -0.392 e. The summed E-state index contributed by atoms with van der Waals surface area (Å²) < 4.78 is 0. The van der Waals surface area contributed by atoms with Crippen LogP contribution in [0.2, 0.25) is 5.02 Å². The molecule has 0 bridgehead atoms. The number of nitrogens with one attached hydrogen (secondary N) is 1. The number of hydrogen-bond donors (Lipinski definition) is 2. The summed E-state index contributed by atoms with van der Waals surface area (Å²) in [7, 11) is 0. The third-order valence-electron chi connectivity index (χ3n) is 3.09. The summed E-state index contributed by atoms with van der Waals surface area (Å²) in [4.78, 5) is 12.3. The molecular formula is C13H17ClN2OS. The fourth-order valence-electron chi connectivity index (χ4n) is 1.47. The number of nitrogens with two attached hydrogens (primary N) is 1. The second-order valence-electron chi connectivity index (χ2n) is 4.36. The average Bonchev–Trinajstić information content (AvgIpc) is 2.34. The zero-order valence-electron chi connectivity index (χ0n) is 10.5. The van der Waals surface area contributed by atoms with Gasteiger partial charge in [0, 0.05) is 11.6 Å². The molecular weight excluding hydrogens is 268 g/mol.